The van der Waals surface area contributed by atoms with Crippen LogP contribution in [0.25, 0.3) is 11.1 Å². The second kappa shape index (κ2) is 20.1. The van der Waals surface area contributed by atoms with Gasteiger partial charge in [-0.3, -0.25) is 10.3 Å². The zero-order chi connectivity index (χ0) is 41.7. The summed E-state index contributed by atoms with van der Waals surface area (Å²) >= 11 is 0. The van der Waals surface area contributed by atoms with Crippen molar-refractivity contribution >= 4 is 29.1 Å². The van der Waals surface area contributed by atoms with Gasteiger partial charge >= 0.3 is 6.03 Å². The zero-order valence-electron chi connectivity index (χ0n) is 34.7. The van der Waals surface area contributed by atoms with E-state index < -0.39 is 11.6 Å². The number of aromatic nitrogens is 2. The number of hydrogen-bond donors (Lipinski definition) is 4. The zero-order valence-corrected chi connectivity index (χ0v) is 34.7. The fourth-order valence-corrected chi connectivity index (χ4v) is 7.10. The van der Waals surface area contributed by atoms with Crippen LogP contribution in [0.1, 0.15) is 69.5 Å². The van der Waals surface area contributed by atoms with E-state index in [0.29, 0.717) is 28.9 Å². The van der Waals surface area contributed by atoms with E-state index in [1.165, 1.54) is 11.3 Å². The minimum absolute atomic E-state index is 0.228. The van der Waals surface area contributed by atoms with E-state index in [1.807, 2.05) is 106 Å². The molecule has 300 valence electrons. The Morgan fingerprint density at radius 2 is 1.22 bits per heavy atom. The average molecular weight is 776 g/mol. The minimum atomic E-state index is -1.02. The number of carbonyl (C=O) groups excluding carboxylic acids is 1. The first-order valence-electron chi connectivity index (χ1n) is 20.0. The third-order valence-corrected chi connectivity index (χ3v) is 9.43. The number of anilines is 3. The topological polar surface area (TPSA) is 138 Å². The van der Waals surface area contributed by atoms with Crippen molar-refractivity contribution in [3.63, 3.8) is 0 Å². The Labute approximate surface area is 344 Å². The Kier molecular flexibility index (Phi) is 14.7. The van der Waals surface area contributed by atoms with Crippen molar-refractivity contribution in [2.24, 2.45) is 28.5 Å². The monoisotopic (exact) mass is 775 g/mol. The lowest BCUT2D eigenvalue weighted by Crippen LogP contribution is -2.50. The number of rotatable bonds is 14. The van der Waals surface area contributed by atoms with Crippen LogP contribution in [0, 0.1) is 18.8 Å². The van der Waals surface area contributed by atoms with Crippen LogP contribution in [0.5, 0.6) is 0 Å². The molecule has 0 unspecified atom stereocenters. The molecule has 1 heterocycles. The summed E-state index contributed by atoms with van der Waals surface area (Å²) in [6.45, 7) is 16.2. The molecule has 6 aromatic rings. The van der Waals surface area contributed by atoms with Crippen molar-refractivity contribution in [3.8, 4) is 11.1 Å². The molecule has 58 heavy (non-hydrogen) atoms. The molecule has 0 aliphatic rings. The summed E-state index contributed by atoms with van der Waals surface area (Å²) in [7, 11) is 0. The maximum atomic E-state index is 13.5. The van der Waals surface area contributed by atoms with Crippen molar-refractivity contribution < 1.29 is 4.79 Å². The van der Waals surface area contributed by atoms with E-state index in [9.17, 15) is 4.79 Å². The molecule has 0 fully saturated rings. The predicted molar refractivity (Wildman–Crippen MR) is 240 cm³/mol. The molecule has 1 aromatic heterocycles. The molecule has 2 amide bonds. The van der Waals surface area contributed by atoms with Gasteiger partial charge in [0, 0.05) is 18.7 Å². The lowest BCUT2D eigenvalue weighted by Gasteiger charge is -2.41. The molecule has 10 heteroatoms. The van der Waals surface area contributed by atoms with Gasteiger partial charge in [0.1, 0.15) is 5.54 Å². The molecule has 0 saturated heterocycles. The van der Waals surface area contributed by atoms with Crippen molar-refractivity contribution in [2.75, 3.05) is 28.6 Å². The smallest absolute Gasteiger partial charge is 0.324 e. The largest absolute Gasteiger partial charge is 0.382 e. The lowest BCUT2D eigenvalue weighted by atomic mass is 9.77. The van der Waals surface area contributed by atoms with Gasteiger partial charge in [0.25, 0.3) is 0 Å². The van der Waals surface area contributed by atoms with E-state index in [-0.39, 0.29) is 5.84 Å². The van der Waals surface area contributed by atoms with Crippen LogP contribution in [0.2, 0.25) is 0 Å². The van der Waals surface area contributed by atoms with Crippen molar-refractivity contribution in [1.29, 1.82) is 0 Å². The molecule has 0 saturated carbocycles. The normalized spacial score (nSPS) is 11.4. The molecule has 6 rings (SSSR count). The summed E-state index contributed by atoms with van der Waals surface area (Å²) in [6.07, 6.45) is 3.15. The Hall–Kier alpha value is -6.52. The molecule has 10 nitrogen and oxygen atoms in total. The number of nitrogens with one attached hydrogen (secondary N) is 2. The van der Waals surface area contributed by atoms with Gasteiger partial charge in [-0.2, -0.15) is 0 Å². The maximum Gasteiger partial charge on any atom is 0.324 e. The second-order valence-electron chi connectivity index (χ2n) is 14.7. The molecule has 5 aromatic carbocycles. The number of benzene rings is 5. The number of hydrogen-bond acceptors (Lipinski definition) is 7. The number of amides is 2. The Bertz CT molecular complexity index is 2120. The highest BCUT2D eigenvalue weighted by molar-refractivity contribution is 6.05. The second-order valence-corrected chi connectivity index (χ2v) is 14.7. The molecule has 0 atom stereocenters. The standard InChI is InChI=1S/C46H51N9O.C2H6/c1-32(2)30-54(31-33(3)4)42-26-25-35(27-41(42)51-45(56)52-43-29-49-34(5)28-50-43)39-23-15-16-24-40(39)44(47)53-55(48)46(36-17-9-6-10-18-36,37-19-11-7-12-20-37)38-21-13-8-14-22-38;1-2/h6-29,32-33H,30-31,48H2,1-5H3,(H2,47,53)(H2,50,51,52,56);1-2H3. The van der Waals surface area contributed by atoms with Crippen LogP contribution in [-0.4, -0.2) is 40.0 Å². The Morgan fingerprint density at radius 1 is 0.707 bits per heavy atom. The van der Waals surface area contributed by atoms with E-state index >= 15 is 0 Å². The van der Waals surface area contributed by atoms with Crippen LogP contribution in [0.3, 0.4) is 0 Å². The number of nitrogens with zero attached hydrogens (tertiary/aromatic N) is 5. The first-order chi connectivity index (χ1) is 28.1. The number of hydrazine groups is 1. The molecule has 0 spiro atoms. The third kappa shape index (κ3) is 10.1. The fraction of sp³-hybridized carbons (Fsp3) is 0.250. The van der Waals surface area contributed by atoms with Gasteiger partial charge in [-0.05, 0) is 58.7 Å². The number of hydrazone groups is 1. The first-order valence-corrected chi connectivity index (χ1v) is 20.0. The van der Waals surface area contributed by atoms with Crippen molar-refractivity contribution in [3.05, 3.63) is 174 Å². The van der Waals surface area contributed by atoms with E-state index in [1.54, 1.807) is 6.20 Å². The molecule has 6 N–H and O–H groups in total. The number of urea groups is 1. The SMILES string of the molecule is CC.Cc1cnc(NC(=O)Nc2cc(-c3ccccc3/C(N)=N/N(N)C(c3ccccc3)(c3ccccc3)c3ccccc3)ccc2N(CC(C)C)CC(C)C)cn1. The van der Waals surface area contributed by atoms with Crippen LogP contribution in [0.15, 0.2) is 151 Å². The van der Waals surface area contributed by atoms with Crippen LogP contribution >= 0.6 is 0 Å². The molecule has 0 bridgehead atoms. The van der Waals surface area contributed by atoms with Crippen molar-refractivity contribution in [1.82, 2.24) is 15.1 Å². The van der Waals surface area contributed by atoms with Crippen molar-refractivity contribution in [2.45, 2.75) is 54.0 Å². The summed E-state index contributed by atoms with van der Waals surface area (Å²) in [5, 5.41) is 12.4. The Balaban J connectivity index is 0.00000315. The van der Waals surface area contributed by atoms with Gasteiger partial charge in [0.2, 0.25) is 0 Å². The molecule has 0 aliphatic heterocycles. The summed E-state index contributed by atoms with van der Waals surface area (Å²) in [6, 6.07) is 43.8. The quantitative estimate of drug-likeness (QED) is 0.0284. The van der Waals surface area contributed by atoms with Gasteiger partial charge in [-0.25, -0.2) is 20.7 Å². The molecular formula is C48H57N9O. The fourth-order valence-electron chi connectivity index (χ4n) is 7.10. The van der Waals surface area contributed by atoms with E-state index in [2.05, 4.69) is 102 Å². The highest BCUT2D eigenvalue weighted by atomic mass is 16.2. The summed E-state index contributed by atoms with van der Waals surface area (Å²) < 4.78 is 0. The average Bonchev–Trinajstić information content (AvgIpc) is 3.23. The highest BCUT2D eigenvalue weighted by Gasteiger charge is 2.41. The summed E-state index contributed by atoms with van der Waals surface area (Å²) in [4.78, 5) is 24.4. The van der Waals surface area contributed by atoms with E-state index in [4.69, 9.17) is 16.7 Å². The minimum Gasteiger partial charge on any atom is -0.382 e. The number of aryl methyl sites for hydroxylation is 1. The van der Waals surface area contributed by atoms with Crippen LogP contribution in [-0.2, 0) is 5.54 Å². The maximum absolute atomic E-state index is 13.5. The van der Waals surface area contributed by atoms with Crippen LogP contribution < -0.4 is 27.1 Å². The van der Waals surface area contributed by atoms with Gasteiger partial charge in [-0.1, -0.05) is 163 Å². The van der Waals surface area contributed by atoms with Crippen LogP contribution in [0.4, 0.5) is 22.0 Å². The first kappa shape index (κ1) is 42.6. The lowest BCUT2D eigenvalue weighted by molar-refractivity contribution is 0.167. The summed E-state index contributed by atoms with van der Waals surface area (Å²) in [5.41, 5.74) is 13.4. The highest BCUT2D eigenvalue weighted by Crippen LogP contribution is 2.41. The predicted octanol–water partition coefficient (Wildman–Crippen LogP) is 10.0. The van der Waals surface area contributed by atoms with Gasteiger partial charge in [-0.15, -0.1) is 5.10 Å². The number of carbonyl (C=O) groups is 1. The molecular weight excluding hydrogens is 719 g/mol. The Morgan fingerprint density at radius 3 is 1.72 bits per heavy atom. The molecule has 0 aliphatic carbocycles. The third-order valence-electron chi connectivity index (χ3n) is 9.43. The number of nitrogens with two attached hydrogens (primary N) is 2. The van der Waals surface area contributed by atoms with Gasteiger partial charge < -0.3 is 16.0 Å². The van der Waals surface area contributed by atoms with Gasteiger partial charge in [0.05, 0.1) is 29.5 Å². The van der Waals surface area contributed by atoms with E-state index in [0.717, 1.165) is 52.3 Å². The number of amidine groups is 1. The molecule has 0 radical (unpaired) electrons. The summed E-state index contributed by atoms with van der Waals surface area (Å²) in [5.74, 6) is 8.52. The van der Waals surface area contributed by atoms with Gasteiger partial charge in [0.15, 0.2) is 11.7 Å².